The van der Waals surface area contributed by atoms with E-state index in [-0.39, 0.29) is 11.4 Å². The van der Waals surface area contributed by atoms with E-state index in [2.05, 4.69) is 19.1 Å². The van der Waals surface area contributed by atoms with Crippen molar-refractivity contribution < 1.29 is 25.8 Å². The molecule has 0 N–H and O–H groups in total. The van der Waals surface area contributed by atoms with Crippen molar-refractivity contribution in [1.29, 1.82) is 0 Å². The lowest BCUT2D eigenvalue weighted by Gasteiger charge is -2.15. The third-order valence-electron chi connectivity index (χ3n) is 5.50. The average molecular weight is 534 g/mol. The molecule has 6 nitrogen and oxygen atoms in total. The molecule has 4 aromatic carbocycles. The number of benzene rings is 4. The summed E-state index contributed by atoms with van der Waals surface area (Å²) >= 11 is 0. The highest BCUT2D eigenvalue weighted by Gasteiger charge is 2.48. The van der Waals surface area contributed by atoms with E-state index in [0.717, 1.165) is 17.2 Å². The first-order valence-electron chi connectivity index (χ1n) is 11.3. The second-order valence-electron chi connectivity index (χ2n) is 8.10. The fourth-order valence-corrected chi connectivity index (χ4v) is 4.16. The van der Waals surface area contributed by atoms with Crippen LogP contribution in [0.1, 0.15) is 0 Å². The van der Waals surface area contributed by atoms with Gasteiger partial charge in [0.2, 0.25) is 0 Å². The van der Waals surface area contributed by atoms with E-state index in [0.29, 0.717) is 22.8 Å². The van der Waals surface area contributed by atoms with Crippen LogP contribution in [0.4, 0.5) is 13.2 Å². The standard InChI is InChI=1S/C28H18F3N3O3S/c29-28(30,31)38(35,36)37-24-17-16-22(18-23(24)19-10-4-1-5-11-19)27-33-25(20-12-6-2-7-13-20)32-26(34-27)21-14-8-3-9-15-21/h1-18H. The summed E-state index contributed by atoms with van der Waals surface area (Å²) in [5, 5.41) is 0. The van der Waals surface area contributed by atoms with Gasteiger partial charge in [-0.1, -0.05) is 91.0 Å². The van der Waals surface area contributed by atoms with Gasteiger partial charge in [0.1, 0.15) is 0 Å². The van der Waals surface area contributed by atoms with Crippen molar-refractivity contribution in [2.45, 2.75) is 5.51 Å². The van der Waals surface area contributed by atoms with Crippen LogP contribution >= 0.6 is 0 Å². The number of alkyl halides is 3. The molecular weight excluding hydrogens is 515 g/mol. The van der Waals surface area contributed by atoms with Gasteiger partial charge in [-0.05, 0) is 23.8 Å². The molecule has 0 fully saturated rings. The molecule has 190 valence electrons. The third-order valence-corrected chi connectivity index (χ3v) is 6.47. The minimum Gasteiger partial charge on any atom is -0.375 e. The molecule has 0 amide bonds. The maximum atomic E-state index is 13.1. The van der Waals surface area contributed by atoms with Crippen LogP contribution in [0.2, 0.25) is 0 Å². The summed E-state index contributed by atoms with van der Waals surface area (Å²) < 4.78 is 67.3. The molecular formula is C28H18F3N3O3S. The summed E-state index contributed by atoms with van der Waals surface area (Å²) in [6.07, 6.45) is 0. The fourth-order valence-electron chi connectivity index (χ4n) is 3.69. The highest BCUT2D eigenvalue weighted by atomic mass is 32.2. The Labute approximate surface area is 216 Å². The molecule has 5 aromatic rings. The summed E-state index contributed by atoms with van der Waals surface area (Å²) in [6.45, 7) is 0. The van der Waals surface area contributed by atoms with E-state index in [4.69, 9.17) is 0 Å². The zero-order chi connectivity index (χ0) is 26.8. The molecule has 0 spiro atoms. The smallest absolute Gasteiger partial charge is 0.375 e. The maximum Gasteiger partial charge on any atom is 0.534 e. The first-order valence-corrected chi connectivity index (χ1v) is 12.7. The van der Waals surface area contributed by atoms with Gasteiger partial charge in [0.25, 0.3) is 0 Å². The van der Waals surface area contributed by atoms with Gasteiger partial charge in [-0.3, -0.25) is 0 Å². The normalized spacial score (nSPS) is 11.8. The molecule has 0 saturated carbocycles. The Balaban J connectivity index is 1.69. The lowest BCUT2D eigenvalue weighted by Crippen LogP contribution is -2.28. The number of hydrogen-bond donors (Lipinski definition) is 0. The van der Waals surface area contributed by atoms with Gasteiger partial charge in [-0.2, -0.15) is 21.6 Å². The summed E-state index contributed by atoms with van der Waals surface area (Å²) in [4.78, 5) is 13.9. The first-order chi connectivity index (χ1) is 18.2. The van der Waals surface area contributed by atoms with Crippen LogP contribution in [0, 0.1) is 0 Å². The Morgan fingerprint density at radius 3 is 1.42 bits per heavy atom. The summed E-state index contributed by atoms with van der Waals surface area (Å²) in [5.41, 5.74) is -3.09. The molecule has 0 unspecified atom stereocenters. The van der Waals surface area contributed by atoms with E-state index in [1.54, 1.807) is 30.3 Å². The summed E-state index contributed by atoms with van der Waals surface area (Å²) in [6, 6.07) is 30.9. The lowest BCUT2D eigenvalue weighted by molar-refractivity contribution is -0.0499. The third kappa shape index (κ3) is 5.25. The average Bonchev–Trinajstić information content (AvgIpc) is 2.94. The van der Waals surface area contributed by atoms with Crippen molar-refractivity contribution in [3.05, 3.63) is 109 Å². The molecule has 0 aliphatic carbocycles. The van der Waals surface area contributed by atoms with E-state index >= 15 is 0 Å². The zero-order valence-electron chi connectivity index (χ0n) is 19.5. The Bertz CT molecular complexity index is 1620. The van der Waals surface area contributed by atoms with Gasteiger partial charge >= 0.3 is 15.6 Å². The van der Waals surface area contributed by atoms with Crippen LogP contribution in [0.5, 0.6) is 5.75 Å². The molecule has 0 aliphatic rings. The topological polar surface area (TPSA) is 82.0 Å². The van der Waals surface area contributed by atoms with Crippen LogP contribution in [0.25, 0.3) is 45.3 Å². The molecule has 1 heterocycles. The first kappa shape index (κ1) is 25.1. The van der Waals surface area contributed by atoms with E-state index in [1.165, 1.54) is 12.1 Å². The minimum absolute atomic E-state index is 0.124. The van der Waals surface area contributed by atoms with Gasteiger partial charge in [0, 0.05) is 22.3 Å². The zero-order valence-corrected chi connectivity index (χ0v) is 20.3. The Morgan fingerprint density at radius 2 is 0.974 bits per heavy atom. The molecule has 10 heteroatoms. The van der Waals surface area contributed by atoms with Crippen molar-refractivity contribution in [2.75, 3.05) is 0 Å². The van der Waals surface area contributed by atoms with Crippen molar-refractivity contribution in [3.63, 3.8) is 0 Å². The quantitative estimate of drug-likeness (QED) is 0.177. The molecule has 0 bridgehead atoms. The van der Waals surface area contributed by atoms with Gasteiger partial charge in [-0.25, -0.2) is 15.0 Å². The second kappa shape index (κ2) is 10.1. The molecule has 5 rings (SSSR count). The van der Waals surface area contributed by atoms with Crippen molar-refractivity contribution >= 4 is 10.1 Å². The number of nitrogens with zero attached hydrogens (tertiary/aromatic N) is 3. The van der Waals surface area contributed by atoms with Crippen molar-refractivity contribution in [1.82, 2.24) is 15.0 Å². The molecule has 0 atom stereocenters. The molecule has 0 saturated heterocycles. The van der Waals surface area contributed by atoms with Gasteiger partial charge in [0.05, 0.1) is 0 Å². The molecule has 0 aliphatic heterocycles. The Kier molecular flexibility index (Phi) is 6.64. The summed E-state index contributed by atoms with van der Waals surface area (Å²) in [7, 11) is -5.89. The highest BCUT2D eigenvalue weighted by molar-refractivity contribution is 7.88. The SMILES string of the molecule is O=S(=O)(Oc1ccc(-c2nc(-c3ccccc3)nc(-c3ccccc3)n2)cc1-c1ccccc1)C(F)(F)F. The lowest BCUT2D eigenvalue weighted by atomic mass is 10.0. The van der Waals surface area contributed by atoms with E-state index in [9.17, 15) is 21.6 Å². The van der Waals surface area contributed by atoms with Gasteiger partial charge in [0.15, 0.2) is 23.2 Å². The molecule has 0 radical (unpaired) electrons. The number of hydrogen-bond acceptors (Lipinski definition) is 6. The van der Waals surface area contributed by atoms with Crippen LogP contribution in [0.3, 0.4) is 0 Å². The highest BCUT2D eigenvalue weighted by Crippen LogP contribution is 2.37. The minimum atomic E-state index is -5.89. The summed E-state index contributed by atoms with van der Waals surface area (Å²) in [5.74, 6) is 0.574. The predicted molar refractivity (Wildman–Crippen MR) is 137 cm³/mol. The van der Waals surface area contributed by atoms with Crippen molar-refractivity contribution in [2.24, 2.45) is 0 Å². The Morgan fingerprint density at radius 1 is 0.553 bits per heavy atom. The molecule has 38 heavy (non-hydrogen) atoms. The Hall–Kier alpha value is -4.57. The van der Waals surface area contributed by atoms with Crippen LogP contribution < -0.4 is 4.18 Å². The van der Waals surface area contributed by atoms with Crippen LogP contribution in [-0.2, 0) is 10.1 Å². The monoisotopic (exact) mass is 533 g/mol. The maximum absolute atomic E-state index is 13.1. The fraction of sp³-hybridized carbons (Fsp3) is 0.0357. The second-order valence-corrected chi connectivity index (χ2v) is 9.64. The largest absolute Gasteiger partial charge is 0.534 e. The van der Waals surface area contributed by atoms with E-state index < -0.39 is 21.4 Å². The van der Waals surface area contributed by atoms with Gasteiger partial charge < -0.3 is 4.18 Å². The van der Waals surface area contributed by atoms with Gasteiger partial charge in [-0.15, -0.1) is 0 Å². The predicted octanol–water partition coefficient (Wildman–Crippen LogP) is 6.77. The van der Waals surface area contributed by atoms with Crippen LogP contribution in [0.15, 0.2) is 109 Å². The number of halogens is 3. The van der Waals surface area contributed by atoms with Crippen LogP contribution in [-0.4, -0.2) is 28.9 Å². The van der Waals surface area contributed by atoms with E-state index in [1.807, 2.05) is 60.7 Å². The molecule has 1 aromatic heterocycles. The number of aromatic nitrogens is 3. The number of rotatable bonds is 6. The van der Waals surface area contributed by atoms with Crippen molar-refractivity contribution in [3.8, 4) is 51.0 Å².